The molecule has 0 radical (unpaired) electrons. The number of benzene rings is 1. The van der Waals surface area contributed by atoms with E-state index in [9.17, 15) is 0 Å². The molecule has 1 aromatic carbocycles. The molecule has 2 heteroatoms. The summed E-state index contributed by atoms with van der Waals surface area (Å²) in [6.07, 6.45) is 0. The molecule has 8 heavy (non-hydrogen) atoms. The van der Waals surface area contributed by atoms with Crippen LogP contribution in [0.1, 0.15) is 0 Å². The van der Waals surface area contributed by atoms with E-state index in [1.807, 2.05) is 0 Å². The van der Waals surface area contributed by atoms with Crippen molar-refractivity contribution in [2.45, 2.75) is 0 Å². The van der Waals surface area contributed by atoms with E-state index in [2.05, 4.69) is 39.6 Å². The van der Waals surface area contributed by atoms with Crippen LogP contribution in [0.2, 0.25) is 0 Å². The normalized spacial score (nSPS) is 15.9. The number of fused-ring (bicyclic) bond motifs is 2. The third-order valence-electron chi connectivity index (χ3n) is 1.67. The monoisotopic (exact) mass is 215 g/mol. The minimum Gasteiger partial charge on any atom is -0.301 e. The molecule has 3 aliphatic rings. The van der Waals surface area contributed by atoms with Crippen LogP contribution in [0.4, 0.5) is 17.1 Å². The predicted molar refractivity (Wildman–Crippen MR) is 41.0 cm³/mol. The summed E-state index contributed by atoms with van der Waals surface area (Å²) in [5.41, 5.74) is 4.42. The first-order valence-corrected chi connectivity index (χ1v) is 3.60. The van der Waals surface area contributed by atoms with E-state index in [-0.39, 0.29) is 0 Å². The summed E-state index contributed by atoms with van der Waals surface area (Å²) < 4.78 is 1.40. The van der Waals surface area contributed by atoms with Crippen LogP contribution in [0, 0.1) is 3.57 Å². The quantitative estimate of drug-likeness (QED) is 0.411. The highest BCUT2D eigenvalue weighted by Gasteiger charge is 2.51. The highest BCUT2D eigenvalue weighted by molar-refractivity contribution is 14.1. The number of hydrogen-bond acceptors (Lipinski definition) is 1. The number of halogens is 1. The van der Waals surface area contributed by atoms with Crippen LogP contribution in [0.15, 0.2) is 12.1 Å². The maximum atomic E-state index is 2.36. The molecule has 0 atom stereocenters. The minimum atomic E-state index is 1.40. The molecule has 38 valence electrons. The van der Waals surface area contributed by atoms with Crippen molar-refractivity contribution in [3.05, 3.63) is 15.7 Å². The van der Waals surface area contributed by atoms with Crippen LogP contribution < -0.4 is 4.90 Å². The van der Waals surface area contributed by atoms with Gasteiger partial charge in [-0.2, -0.15) is 0 Å². The topological polar surface area (TPSA) is 3.01 Å². The van der Waals surface area contributed by atoms with Crippen molar-refractivity contribution in [1.29, 1.82) is 0 Å². The zero-order chi connectivity index (χ0) is 5.30. The van der Waals surface area contributed by atoms with Gasteiger partial charge in [0.05, 0.1) is 17.1 Å². The van der Waals surface area contributed by atoms with Crippen molar-refractivity contribution in [3.63, 3.8) is 0 Å². The molecular weight excluding hydrogens is 213 g/mol. The summed E-state index contributed by atoms with van der Waals surface area (Å²) in [4.78, 5) is 2.28. The van der Waals surface area contributed by atoms with Crippen molar-refractivity contribution < 1.29 is 0 Å². The van der Waals surface area contributed by atoms with Gasteiger partial charge in [0.2, 0.25) is 0 Å². The highest BCUT2D eigenvalue weighted by atomic mass is 127. The third-order valence-corrected chi connectivity index (χ3v) is 2.54. The lowest BCUT2D eigenvalue weighted by Crippen LogP contribution is -1.77. The molecule has 3 aliphatic heterocycles. The van der Waals surface area contributed by atoms with Gasteiger partial charge in [-0.15, -0.1) is 0 Å². The van der Waals surface area contributed by atoms with Gasteiger partial charge in [0.1, 0.15) is 0 Å². The zero-order valence-electron chi connectivity index (χ0n) is 3.98. The summed E-state index contributed by atoms with van der Waals surface area (Å²) in [5, 5.41) is 0. The maximum Gasteiger partial charge on any atom is 0.0959 e. The molecule has 0 unspecified atom stereocenters. The summed E-state index contributed by atoms with van der Waals surface area (Å²) in [5.74, 6) is 0. The Morgan fingerprint density at radius 3 is 2.38 bits per heavy atom. The third kappa shape index (κ3) is 0.212. The fourth-order valence-electron chi connectivity index (χ4n) is 1.14. The minimum absolute atomic E-state index is 1.40. The molecule has 0 saturated heterocycles. The number of anilines is 3. The maximum absolute atomic E-state index is 2.36. The Bertz CT molecular complexity index is 293. The Morgan fingerprint density at radius 2 is 2.00 bits per heavy atom. The first-order chi connectivity index (χ1) is 3.89. The number of hydrogen-bond donors (Lipinski definition) is 0. The van der Waals surface area contributed by atoms with Crippen molar-refractivity contribution in [3.8, 4) is 0 Å². The molecule has 0 amide bonds. The fraction of sp³-hybridized carbons (Fsp3) is 0. The average Bonchev–Trinajstić information content (AvgIpc) is 2.48. The van der Waals surface area contributed by atoms with Gasteiger partial charge >= 0.3 is 0 Å². The Hall–Kier alpha value is -0.250. The lowest BCUT2D eigenvalue weighted by Gasteiger charge is -1.93. The predicted octanol–water partition coefficient (Wildman–Crippen LogP) is 2.39. The lowest BCUT2D eigenvalue weighted by atomic mass is 10.3. The van der Waals surface area contributed by atoms with Gasteiger partial charge in [-0.3, -0.25) is 0 Å². The first-order valence-electron chi connectivity index (χ1n) is 2.52. The molecule has 0 fully saturated rings. The summed E-state index contributed by atoms with van der Waals surface area (Å²) in [6.45, 7) is 0. The zero-order valence-corrected chi connectivity index (χ0v) is 6.14. The molecule has 2 bridgehead atoms. The van der Waals surface area contributed by atoms with E-state index in [0.717, 1.165) is 0 Å². The molecule has 1 nitrogen and oxygen atoms in total. The van der Waals surface area contributed by atoms with Crippen molar-refractivity contribution in [2.24, 2.45) is 0 Å². The highest BCUT2D eigenvalue weighted by Crippen LogP contribution is 2.75. The van der Waals surface area contributed by atoms with E-state index in [1.165, 1.54) is 20.6 Å². The molecule has 0 aliphatic carbocycles. The second-order valence-corrected chi connectivity index (χ2v) is 3.26. The molecule has 0 spiro atoms. The Labute approximate surface area is 60.4 Å². The SMILES string of the molecule is Ic1ccc2c3c1N23. The summed E-state index contributed by atoms with van der Waals surface area (Å²) >= 11 is 2.36. The summed E-state index contributed by atoms with van der Waals surface area (Å²) in [6, 6.07) is 4.34. The Balaban J connectivity index is 2.55. The average molecular weight is 215 g/mol. The molecule has 3 heterocycles. The molecule has 4 rings (SSSR count). The smallest absolute Gasteiger partial charge is 0.0959 e. The van der Waals surface area contributed by atoms with Crippen LogP contribution in [-0.4, -0.2) is 0 Å². The van der Waals surface area contributed by atoms with E-state index >= 15 is 0 Å². The largest absolute Gasteiger partial charge is 0.301 e. The first kappa shape index (κ1) is 3.71. The van der Waals surface area contributed by atoms with E-state index in [0.29, 0.717) is 0 Å². The van der Waals surface area contributed by atoms with Crippen molar-refractivity contribution >= 4 is 39.7 Å². The molecule has 0 aromatic heterocycles. The fourth-order valence-corrected chi connectivity index (χ4v) is 1.81. The van der Waals surface area contributed by atoms with Crippen LogP contribution >= 0.6 is 22.6 Å². The Kier molecular flexibility index (Phi) is 0.369. The van der Waals surface area contributed by atoms with Crippen LogP contribution in [0.25, 0.3) is 0 Å². The molecule has 0 saturated carbocycles. The second kappa shape index (κ2) is 0.795. The van der Waals surface area contributed by atoms with E-state index in [4.69, 9.17) is 0 Å². The summed E-state index contributed by atoms with van der Waals surface area (Å²) in [7, 11) is 0. The van der Waals surface area contributed by atoms with Crippen LogP contribution in [-0.2, 0) is 0 Å². The van der Waals surface area contributed by atoms with Gasteiger partial charge in [0.25, 0.3) is 0 Å². The van der Waals surface area contributed by atoms with Gasteiger partial charge in [-0.25, -0.2) is 0 Å². The van der Waals surface area contributed by atoms with Gasteiger partial charge in [0.15, 0.2) is 0 Å². The standard InChI is InChI=1S/C6H2IN/c7-3-1-2-4-6-5(3)8(4)6/h1-2H. The van der Waals surface area contributed by atoms with Crippen LogP contribution in [0.3, 0.4) is 0 Å². The Morgan fingerprint density at radius 1 is 1.25 bits per heavy atom. The second-order valence-electron chi connectivity index (χ2n) is 2.10. The van der Waals surface area contributed by atoms with Gasteiger partial charge in [0, 0.05) is 3.57 Å². The molecule has 0 N–H and O–H groups in total. The molecular formula is C6H2IN. The van der Waals surface area contributed by atoms with Crippen molar-refractivity contribution in [2.75, 3.05) is 4.90 Å². The van der Waals surface area contributed by atoms with Gasteiger partial charge in [-0.05, 0) is 34.7 Å². The lowest BCUT2D eigenvalue weighted by molar-refractivity contribution is 1.60. The number of rotatable bonds is 0. The van der Waals surface area contributed by atoms with Gasteiger partial charge in [-0.1, -0.05) is 0 Å². The van der Waals surface area contributed by atoms with E-state index in [1.54, 1.807) is 0 Å². The van der Waals surface area contributed by atoms with E-state index < -0.39 is 0 Å². The molecule has 1 aromatic rings. The van der Waals surface area contributed by atoms with Gasteiger partial charge < -0.3 is 4.90 Å². The van der Waals surface area contributed by atoms with Crippen molar-refractivity contribution in [1.82, 2.24) is 0 Å². The van der Waals surface area contributed by atoms with Crippen LogP contribution in [0.5, 0.6) is 0 Å². The number of nitrogens with zero attached hydrogens (tertiary/aromatic N) is 1.